The van der Waals surface area contributed by atoms with Crippen LogP contribution in [0, 0.1) is 28.6 Å². The zero-order chi connectivity index (χ0) is 18.0. The molecule has 0 unspecified atom stereocenters. The molecule has 0 aromatic rings. The normalized spacial score (nSPS) is 44.8. The fraction of sp³-hybridized carbons (Fsp3) is 0.667. The van der Waals surface area contributed by atoms with Crippen molar-refractivity contribution in [2.45, 2.75) is 58.8 Å². The Bertz CT molecular complexity index is 730. The summed E-state index contributed by atoms with van der Waals surface area (Å²) in [5.41, 5.74) is 1.66. The minimum absolute atomic E-state index is 0.00264. The van der Waals surface area contributed by atoms with E-state index >= 15 is 0 Å². The second-order valence-corrected chi connectivity index (χ2v) is 8.95. The van der Waals surface area contributed by atoms with Crippen molar-refractivity contribution in [2.75, 3.05) is 0 Å². The smallest absolute Gasteiger partial charge is 0.328 e. The third kappa shape index (κ3) is 2.29. The Balaban J connectivity index is 1.74. The molecule has 4 rings (SSSR count). The lowest BCUT2D eigenvalue weighted by Gasteiger charge is -2.56. The van der Waals surface area contributed by atoms with Gasteiger partial charge < -0.3 is 5.11 Å². The van der Waals surface area contributed by atoms with Crippen LogP contribution >= 0.6 is 0 Å². The van der Waals surface area contributed by atoms with Crippen LogP contribution in [-0.4, -0.2) is 22.6 Å². The quantitative estimate of drug-likeness (QED) is 0.738. The zero-order valence-corrected chi connectivity index (χ0v) is 15.0. The second kappa shape index (κ2) is 5.39. The van der Waals surface area contributed by atoms with Crippen molar-refractivity contribution in [3.8, 4) is 0 Å². The van der Waals surface area contributed by atoms with Gasteiger partial charge in [-0.15, -0.1) is 0 Å². The van der Waals surface area contributed by atoms with Crippen LogP contribution in [0.5, 0.6) is 0 Å². The third-order valence-corrected chi connectivity index (χ3v) is 7.80. The number of fused-ring (bicyclic) bond motifs is 5. The molecule has 4 aliphatic carbocycles. The van der Waals surface area contributed by atoms with Gasteiger partial charge in [0.1, 0.15) is 5.78 Å². The van der Waals surface area contributed by atoms with Crippen LogP contribution in [0.1, 0.15) is 58.8 Å². The van der Waals surface area contributed by atoms with Gasteiger partial charge in [0, 0.05) is 24.8 Å². The maximum absolute atomic E-state index is 13.3. The maximum Gasteiger partial charge on any atom is 0.328 e. The SMILES string of the molecule is C[C@]12CCC(=O)C=C1CC[C@@H]1[C@@H]2C(=O)C[C@]2(C)C(=CC(=O)O)CC[C@@H]12. The number of carbonyl (C=O) groups is 3. The van der Waals surface area contributed by atoms with Crippen LogP contribution < -0.4 is 0 Å². The van der Waals surface area contributed by atoms with Gasteiger partial charge in [0.05, 0.1) is 0 Å². The van der Waals surface area contributed by atoms with Gasteiger partial charge in [-0.1, -0.05) is 25.0 Å². The highest BCUT2D eigenvalue weighted by atomic mass is 16.4. The topological polar surface area (TPSA) is 71.4 Å². The molecule has 0 amide bonds. The van der Waals surface area contributed by atoms with E-state index in [9.17, 15) is 19.5 Å². The van der Waals surface area contributed by atoms with Gasteiger partial charge in [0.25, 0.3) is 0 Å². The second-order valence-electron chi connectivity index (χ2n) is 8.95. The lowest BCUT2D eigenvalue weighted by atomic mass is 9.47. The van der Waals surface area contributed by atoms with E-state index in [1.807, 2.05) is 6.08 Å². The van der Waals surface area contributed by atoms with E-state index in [1.165, 1.54) is 11.6 Å². The summed E-state index contributed by atoms with van der Waals surface area (Å²) < 4.78 is 0. The van der Waals surface area contributed by atoms with E-state index in [0.29, 0.717) is 24.7 Å². The van der Waals surface area contributed by atoms with E-state index in [1.54, 1.807) is 0 Å². The van der Waals surface area contributed by atoms with Crippen LogP contribution in [0.2, 0.25) is 0 Å². The van der Waals surface area contributed by atoms with Gasteiger partial charge in [-0.3, -0.25) is 9.59 Å². The lowest BCUT2D eigenvalue weighted by Crippen LogP contribution is -2.54. The zero-order valence-electron chi connectivity index (χ0n) is 15.0. The number of aliphatic carboxylic acids is 1. The van der Waals surface area contributed by atoms with Gasteiger partial charge in [0.15, 0.2) is 5.78 Å². The number of ketones is 2. The first-order chi connectivity index (χ1) is 11.8. The van der Waals surface area contributed by atoms with Crippen molar-refractivity contribution in [1.29, 1.82) is 0 Å². The molecule has 4 heteroatoms. The monoisotopic (exact) mass is 342 g/mol. The number of Topliss-reactive ketones (excluding diaryl/α,β-unsaturated/α-hetero) is 1. The van der Waals surface area contributed by atoms with E-state index in [4.69, 9.17) is 0 Å². The molecule has 3 saturated carbocycles. The molecule has 134 valence electrons. The Morgan fingerprint density at radius 2 is 1.92 bits per heavy atom. The predicted octanol–water partition coefficient (Wildman–Crippen LogP) is 3.71. The van der Waals surface area contributed by atoms with E-state index in [0.717, 1.165) is 37.7 Å². The third-order valence-electron chi connectivity index (χ3n) is 7.80. The van der Waals surface area contributed by atoms with Crippen molar-refractivity contribution in [3.63, 3.8) is 0 Å². The Morgan fingerprint density at radius 1 is 1.16 bits per heavy atom. The van der Waals surface area contributed by atoms with Crippen LogP contribution in [0.15, 0.2) is 23.3 Å². The van der Waals surface area contributed by atoms with Gasteiger partial charge in [-0.2, -0.15) is 0 Å². The molecule has 0 spiro atoms. The molecular weight excluding hydrogens is 316 g/mol. The number of carboxylic acids is 1. The molecule has 4 aliphatic rings. The largest absolute Gasteiger partial charge is 0.478 e. The number of hydrogen-bond acceptors (Lipinski definition) is 3. The van der Waals surface area contributed by atoms with Crippen molar-refractivity contribution in [2.24, 2.45) is 28.6 Å². The van der Waals surface area contributed by atoms with Crippen molar-refractivity contribution < 1.29 is 19.5 Å². The molecule has 3 fully saturated rings. The molecule has 0 aliphatic heterocycles. The van der Waals surface area contributed by atoms with Gasteiger partial charge in [-0.05, 0) is 60.8 Å². The average Bonchev–Trinajstić information content (AvgIpc) is 2.83. The van der Waals surface area contributed by atoms with Crippen molar-refractivity contribution in [3.05, 3.63) is 23.3 Å². The summed E-state index contributed by atoms with van der Waals surface area (Å²) in [6, 6.07) is 0. The summed E-state index contributed by atoms with van der Waals surface area (Å²) >= 11 is 0. The highest BCUT2D eigenvalue weighted by molar-refractivity contribution is 5.93. The average molecular weight is 342 g/mol. The molecule has 25 heavy (non-hydrogen) atoms. The molecular formula is C21H26O4. The molecule has 0 heterocycles. The molecule has 0 aromatic carbocycles. The van der Waals surface area contributed by atoms with Gasteiger partial charge in [0.2, 0.25) is 0 Å². The summed E-state index contributed by atoms with van der Waals surface area (Å²) in [5, 5.41) is 9.20. The number of carboxylic acid groups (broad SMARTS) is 1. The highest BCUT2D eigenvalue weighted by Crippen LogP contribution is 2.65. The van der Waals surface area contributed by atoms with Crippen LogP contribution in [0.3, 0.4) is 0 Å². The first kappa shape index (κ1) is 16.7. The molecule has 1 N–H and O–H groups in total. The molecule has 0 bridgehead atoms. The predicted molar refractivity (Wildman–Crippen MR) is 92.8 cm³/mol. The summed E-state index contributed by atoms with van der Waals surface area (Å²) in [4.78, 5) is 36.3. The first-order valence-corrected chi connectivity index (χ1v) is 9.46. The minimum atomic E-state index is -0.905. The number of allylic oxidation sites excluding steroid dienone is 2. The fourth-order valence-electron chi connectivity index (χ4n) is 6.62. The van der Waals surface area contributed by atoms with Crippen molar-refractivity contribution >= 4 is 17.5 Å². The fourth-order valence-corrected chi connectivity index (χ4v) is 6.62. The number of rotatable bonds is 1. The van der Waals surface area contributed by atoms with E-state index < -0.39 is 5.97 Å². The maximum atomic E-state index is 13.3. The standard InChI is InChI=1S/C21H26O4/c1-20-8-7-14(22)9-12(20)3-5-15-16-6-4-13(10-18(24)25)21(16,2)11-17(23)19(15)20/h9-10,15-16,19H,3-8,11H2,1-2H3,(H,24,25)/t15-,16-,19+,20-,21+/m0/s1. The van der Waals surface area contributed by atoms with Crippen LogP contribution in [0.4, 0.5) is 0 Å². The Kier molecular flexibility index (Phi) is 3.61. The molecule has 0 saturated heterocycles. The number of carbonyl (C=O) groups excluding carboxylic acids is 2. The van der Waals surface area contributed by atoms with E-state index in [-0.39, 0.29) is 28.3 Å². The highest BCUT2D eigenvalue weighted by Gasteiger charge is 2.60. The summed E-state index contributed by atoms with van der Waals surface area (Å²) in [6.45, 7) is 4.29. The Labute approximate surface area is 148 Å². The van der Waals surface area contributed by atoms with Gasteiger partial charge in [-0.25, -0.2) is 4.79 Å². The van der Waals surface area contributed by atoms with Crippen LogP contribution in [0.25, 0.3) is 0 Å². The number of hydrogen-bond donors (Lipinski definition) is 1. The van der Waals surface area contributed by atoms with Crippen molar-refractivity contribution in [1.82, 2.24) is 0 Å². The van der Waals surface area contributed by atoms with E-state index in [2.05, 4.69) is 13.8 Å². The molecule has 4 nitrogen and oxygen atoms in total. The molecule has 5 atom stereocenters. The Morgan fingerprint density at radius 3 is 2.64 bits per heavy atom. The minimum Gasteiger partial charge on any atom is -0.478 e. The summed E-state index contributed by atoms with van der Waals surface area (Å²) in [7, 11) is 0. The molecule has 0 aromatic heterocycles. The Hall–Kier alpha value is -1.71. The molecule has 0 radical (unpaired) electrons. The lowest BCUT2D eigenvalue weighted by molar-refractivity contribution is -0.143. The first-order valence-electron chi connectivity index (χ1n) is 9.46. The summed E-state index contributed by atoms with van der Waals surface area (Å²) in [6.07, 6.45) is 8.57. The van der Waals surface area contributed by atoms with Gasteiger partial charge >= 0.3 is 5.97 Å². The summed E-state index contributed by atoms with van der Waals surface area (Å²) in [5.74, 6) is 0.287. The van der Waals surface area contributed by atoms with Crippen LogP contribution in [-0.2, 0) is 14.4 Å².